The van der Waals surface area contributed by atoms with Crippen molar-refractivity contribution in [2.24, 2.45) is 0 Å². The Morgan fingerprint density at radius 3 is 1.25 bits per heavy atom. The summed E-state index contributed by atoms with van der Waals surface area (Å²) in [6.07, 6.45) is -11.0. The van der Waals surface area contributed by atoms with Crippen LogP contribution in [0.5, 0.6) is 0 Å². The first-order valence-corrected chi connectivity index (χ1v) is 3.14. The zero-order valence-corrected chi connectivity index (χ0v) is 6.89. The summed E-state index contributed by atoms with van der Waals surface area (Å²) >= 11 is 2.00. The topological polar surface area (TPSA) is 3.24 Å². The minimum atomic E-state index is -5.52. The smallest absolute Gasteiger partial charge is 0.188 e. The molecule has 0 aromatic rings. The summed E-state index contributed by atoms with van der Waals surface area (Å²) in [6.45, 7) is 2.49. The monoisotopic (exact) mass is 257 g/mol. The summed E-state index contributed by atoms with van der Waals surface area (Å²) in [4.78, 5) is -1.74. The van der Waals surface area contributed by atoms with E-state index in [1.807, 2.05) is 15.9 Å². The van der Waals surface area contributed by atoms with E-state index in [2.05, 4.69) is 6.58 Å². The van der Waals surface area contributed by atoms with Gasteiger partial charge in [-0.15, -0.1) is 26.3 Å². The molecule has 0 aromatic heterocycles. The lowest BCUT2D eigenvalue weighted by atomic mass is 10.7. The fraction of sp³-hybridized carbons (Fsp3) is 0.500. The Hall–Kier alpha value is -0.400. The Morgan fingerprint density at radius 1 is 1.00 bits per heavy atom. The van der Waals surface area contributed by atoms with E-state index in [1.54, 1.807) is 0 Å². The van der Waals surface area contributed by atoms with Crippen molar-refractivity contribution in [3.63, 3.8) is 0 Å². The standard InChI is InChI=1S/C4H2BrF6N/c1-2(5)12(3(6,7)8)4(9,10)11/h1H2. The van der Waals surface area contributed by atoms with Crippen molar-refractivity contribution in [3.8, 4) is 0 Å². The predicted octanol–water partition coefficient (Wildman–Crippen LogP) is 3.19. The van der Waals surface area contributed by atoms with Gasteiger partial charge >= 0.3 is 12.6 Å². The third-order valence-corrected chi connectivity index (χ3v) is 1.10. The van der Waals surface area contributed by atoms with E-state index >= 15 is 0 Å². The van der Waals surface area contributed by atoms with E-state index in [0.717, 1.165) is 0 Å². The van der Waals surface area contributed by atoms with Crippen LogP contribution >= 0.6 is 15.9 Å². The number of rotatable bonds is 1. The largest absolute Gasteiger partial charge is 0.492 e. The zero-order chi connectivity index (χ0) is 10.2. The Morgan fingerprint density at radius 2 is 1.25 bits per heavy atom. The third kappa shape index (κ3) is 2.92. The fourth-order valence-corrected chi connectivity index (χ4v) is 0.821. The van der Waals surface area contributed by atoms with Gasteiger partial charge in [0.25, 0.3) is 0 Å². The second kappa shape index (κ2) is 3.15. The maximum absolute atomic E-state index is 11.6. The highest BCUT2D eigenvalue weighted by atomic mass is 79.9. The van der Waals surface area contributed by atoms with Crippen molar-refractivity contribution in [3.05, 3.63) is 11.2 Å². The molecule has 0 N–H and O–H groups in total. The molecule has 0 saturated heterocycles. The number of hydrogen-bond acceptors (Lipinski definition) is 1. The van der Waals surface area contributed by atoms with Crippen molar-refractivity contribution in [1.82, 2.24) is 4.90 Å². The highest BCUT2D eigenvalue weighted by Gasteiger charge is 2.54. The molecule has 0 heterocycles. The van der Waals surface area contributed by atoms with Gasteiger partial charge in [-0.1, -0.05) is 6.58 Å². The molecule has 0 aromatic carbocycles. The van der Waals surface area contributed by atoms with Gasteiger partial charge in [0.2, 0.25) is 0 Å². The summed E-state index contributed by atoms with van der Waals surface area (Å²) in [7, 11) is 0. The Bertz CT molecular complexity index is 167. The van der Waals surface area contributed by atoms with Crippen LogP contribution in [0.15, 0.2) is 11.2 Å². The maximum Gasteiger partial charge on any atom is 0.492 e. The lowest BCUT2D eigenvalue weighted by Crippen LogP contribution is -2.45. The van der Waals surface area contributed by atoms with Crippen molar-refractivity contribution in [2.75, 3.05) is 0 Å². The SMILES string of the molecule is C=C(Br)N(C(F)(F)F)C(F)(F)F. The van der Waals surface area contributed by atoms with Crippen LogP contribution in [0.4, 0.5) is 26.3 Å². The average Bonchev–Trinajstić information content (AvgIpc) is 1.49. The molecule has 0 aliphatic rings. The molecule has 8 heteroatoms. The molecule has 0 spiro atoms. The molecule has 0 amide bonds. The van der Waals surface area contributed by atoms with Crippen molar-refractivity contribution in [1.29, 1.82) is 0 Å². The van der Waals surface area contributed by atoms with Gasteiger partial charge in [0, 0.05) is 0 Å². The molecular formula is C4H2BrF6N. The van der Waals surface area contributed by atoms with Crippen molar-refractivity contribution >= 4 is 15.9 Å². The molecule has 0 aliphatic carbocycles. The second-order valence-corrected chi connectivity index (χ2v) is 2.56. The molecule has 1 nitrogen and oxygen atoms in total. The molecule has 0 atom stereocenters. The maximum atomic E-state index is 11.6. The summed E-state index contributed by atoms with van der Waals surface area (Å²) < 4.78 is 68.2. The summed E-state index contributed by atoms with van der Waals surface area (Å²) in [6, 6.07) is 0. The van der Waals surface area contributed by atoms with E-state index in [9.17, 15) is 26.3 Å². The van der Waals surface area contributed by atoms with Gasteiger partial charge in [0.15, 0.2) is 0 Å². The van der Waals surface area contributed by atoms with Crippen LogP contribution in [-0.4, -0.2) is 17.5 Å². The number of nitrogens with zero attached hydrogens (tertiary/aromatic N) is 1. The van der Waals surface area contributed by atoms with Crippen LogP contribution in [0.2, 0.25) is 0 Å². The molecule has 0 fully saturated rings. The fourth-order valence-electron chi connectivity index (χ4n) is 0.419. The molecule has 0 aliphatic heterocycles. The molecule has 0 radical (unpaired) electrons. The number of hydrogen-bond donors (Lipinski definition) is 0. The summed E-state index contributed by atoms with van der Waals surface area (Å²) in [5.74, 6) is 0. The minimum Gasteiger partial charge on any atom is -0.188 e. The normalized spacial score (nSPS) is 12.9. The van der Waals surface area contributed by atoms with Crippen LogP contribution in [0, 0.1) is 0 Å². The van der Waals surface area contributed by atoms with Gasteiger partial charge in [-0.2, -0.15) is 4.90 Å². The van der Waals surface area contributed by atoms with Crippen LogP contribution in [0.3, 0.4) is 0 Å². The van der Waals surface area contributed by atoms with E-state index < -0.39 is 22.1 Å². The Kier molecular flexibility index (Phi) is 3.05. The molecular weight excluding hydrogens is 256 g/mol. The second-order valence-electron chi connectivity index (χ2n) is 1.65. The van der Waals surface area contributed by atoms with E-state index in [4.69, 9.17) is 0 Å². The summed E-state index contributed by atoms with van der Waals surface area (Å²) in [5, 5.41) is 0. The highest BCUT2D eigenvalue weighted by molar-refractivity contribution is 9.11. The highest BCUT2D eigenvalue weighted by Crippen LogP contribution is 2.38. The molecule has 72 valence electrons. The van der Waals surface area contributed by atoms with Crippen LogP contribution in [0.25, 0.3) is 0 Å². The third-order valence-electron chi connectivity index (χ3n) is 0.750. The first-order chi connectivity index (χ1) is 5.07. The Labute approximate surface area is 71.8 Å². The first-order valence-electron chi connectivity index (χ1n) is 2.35. The van der Waals surface area contributed by atoms with Crippen molar-refractivity contribution < 1.29 is 26.3 Å². The van der Waals surface area contributed by atoms with Crippen LogP contribution in [0.1, 0.15) is 0 Å². The number of alkyl halides is 6. The van der Waals surface area contributed by atoms with E-state index in [0.29, 0.717) is 0 Å². The average molecular weight is 258 g/mol. The molecule has 0 unspecified atom stereocenters. The molecule has 0 saturated carbocycles. The first kappa shape index (κ1) is 11.6. The van der Waals surface area contributed by atoms with Gasteiger partial charge in [0.1, 0.15) is 0 Å². The lowest BCUT2D eigenvalue weighted by Gasteiger charge is -2.27. The molecule has 0 rings (SSSR count). The van der Waals surface area contributed by atoms with Gasteiger partial charge in [-0.05, 0) is 15.9 Å². The Balaban J connectivity index is 4.82. The lowest BCUT2D eigenvalue weighted by molar-refractivity contribution is -0.355. The van der Waals surface area contributed by atoms with Gasteiger partial charge in [-0.25, -0.2) is 0 Å². The van der Waals surface area contributed by atoms with Gasteiger partial charge in [0.05, 0.1) is 4.61 Å². The van der Waals surface area contributed by atoms with Gasteiger partial charge < -0.3 is 0 Å². The number of halogens is 7. The quantitative estimate of drug-likeness (QED) is 0.515. The van der Waals surface area contributed by atoms with E-state index in [1.165, 1.54) is 0 Å². The summed E-state index contributed by atoms with van der Waals surface area (Å²) in [5.41, 5.74) is 0. The molecule has 0 bridgehead atoms. The van der Waals surface area contributed by atoms with Crippen LogP contribution in [-0.2, 0) is 0 Å². The minimum absolute atomic E-state index is 1.30. The predicted molar refractivity (Wildman–Crippen MR) is 32.0 cm³/mol. The van der Waals surface area contributed by atoms with Crippen molar-refractivity contribution in [2.45, 2.75) is 12.6 Å². The van der Waals surface area contributed by atoms with Gasteiger partial charge in [-0.3, -0.25) is 0 Å². The molecule has 12 heavy (non-hydrogen) atoms. The van der Waals surface area contributed by atoms with Crippen LogP contribution < -0.4 is 0 Å². The zero-order valence-electron chi connectivity index (χ0n) is 5.30. The van der Waals surface area contributed by atoms with E-state index in [-0.39, 0.29) is 0 Å².